The van der Waals surface area contributed by atoms with Gasteiger partial charge in [-0.25, -0.2) is 0 Å². The summed E-state index contributed by atoms with van der Waals surface area (Å²) in [6.07, 6.45) is 2.32. The van der Waals surface area contributed by atoms with Crippen molar-refractivity contribution in [3.8, 4) is 5.75 Å². The van der Waals surface area contributed by atoms with Crippen molar-refractivity contribution in [2.45, 2.75) is 25.8 Å². The molecule has 2 rings (SSSR count). The number of nitrogens with one attached hydrogen (secondary N) is 1. The Morgan fingerprint density at radius 3 is 2.84 bits per heavy atom. The molecule has 0 amide bonds. The SMILES string of the molecule is CC1CN(C)CCC1NCCCOc1ccccc1. The smallest absolute Gasteiger partial charge is 0.119 e. The second kappa shape index (κ2) is 7.51. The fourth-order valence-electron chi connectivity index (χ4n) is 2.72. The van der Waals surface area contributed by atoms with E-state index in [2.05, 4.69) is 24.2 Å². The fourth-order valence-corrected chi connectivity index (χ4v) is 2.72. The first kappa shape index (κ1) is 14.4. The molecule has 1 aromatic rings. The lowest BCUT2D eigenvalue weighted by Crippen LogP contribution is -2.47. The predicted molar refractivity (Wildman–Crippen MR) is 79.6 cm³/mol. The molecule has 2 unspecified atom stereocenters. The molecule has 1 aromatic carbocycles. The van der Waals surface area contributed by atoms with Gasteiger partial charge in [-0.15, -0.1) is 0 Å². The number of ether oxygens (including phenoxy) is 1. The molecule has 0 aliphatic carbocycles. The van der Waals surface area contributed by atoms with E-state index in [1.54, 1.807) is 0 Å². The maximum atomic E-state index is 5.69. The molecule has 19 heavy (non-hydrogen) atoms. The first-order valence-corrected chi connectivity index (χ1v) is 7.35. The average molecular weight is 262 g/mol. The second-order valence-corrected chi connectivity index (χ2v) is 5.60. The van der Waals surface area contributed by atoms with E-state index in [4.69, 9.17) is 4.74 Å². The molecule has 1 N–H and O–H groups in total. The van der Waals surface area contributed by atoms with Crippen molar-refractivity contribution in [2.75, 3.05) is 33.3 Å². The van der Waals surface area contributed by atoms with Crippen LogP contribution in [0, 0.1) is 5.92 Å². The Hall–Kier alpha value is -1.06. The lowest BCUT2D eigenvalue weighted by atomic mass is 9.94. The van der Waals surface area contributed by atoms with Crippen LogP contribution in [0.4, 0.5) is 0 Å². The van der Waals surface area contributed by atoms with Gasteiger partial charge in [0.1, 0.15) is 5.75 Å². The van der Waals surface area contributed by atoms with Crippen molar-refractivity contribution < 1.29 is 4.74 Å². The van der Waals surface area contributed by atoms with Crippen LogP contribution in [0.3, 0.4) is 0 Å². The number of benzene rings is 1. The Morgan fingerprint density at radius 1 is 1.32 bits per heavy atom. The van der Waals surface area contributed by atoms with Crippen molar-refractivity contribution in [2.24, 2.45) is 5.92 Å². The molecule has 1 aliphatic heterocycles. The minimum absolute atomic E-state index is 0.674. The zero-order valence-corrected chi connectivity index (χ0v) is 12.1. The highest BCUT2D eigenvalue weighted by atomic mass is 16.5. The Morgan fingerprint density at radius 2 is 2.11 bits per heavy atom. The van der Waals surface area contributed by atoms with Crippen molar-refractivity contribution in [1.82, 2.24) is 10.2 Å². The van der Waals surface area contributed by atoms with E-state index in [1.807, 2.05) is 30.3 Å². The summed E-state index contributed by atoms with van der Waals surface area (Å²) in [5.41, 5.74) is 0. The van der Waals surface area contributed by atoms with Gasteiger partial charge in [0.05, 0.1) is 6.61 Å². The van der Waals surface area contributed by atoms with Gasteiger partial charge in [-0.3, -0.25) is 0 Å². The molecular formula is C16H26N2O. The molecule has 1 heterocycles. The molecule has 2 atom stereocenters. The Balaban J connectivity index is 1.57. The molecule has 1 fully saturated rings. The van der Waals surface area contributed by atoms with Crippen LogP contribution in [0.5, 0.6) is 5.75 Å². The van der Waals surface area contributed by atoms with Gasteiger partial charge < -0.3 is 15.0 Å². The number of nitrogens with zero attached hydrogens (tertiary/aromatic N) is 1. The summed E-state index contributed by atoms with van der Waals surface area (Å²) in [6, 6.07) is 10.7. The number of para-hydroxylation sites is 1. The third-order valence-corrected chi connectivity index (χ3v) is 3.85. The van der Waals surface area contributed by atoms with E-state index in [-0.39, 0.29) is 0 Å². The van der Waals surface area contributed by atoms with Gasteiger partial charge in [0, 0.05) is 12.6 Å². The number of rotatable bonds is 6. The normalized spacial score (nSPS) is 24.3. The van der Waals surface area contributed by atoms with Crippen molar-refractivity contribution in [3.63, 3.8) is 0 Å². The molecule has 0 saturated carbocycles. The molecule has 1 aliphatic rings. The number of piperidine rings is 1. The molecule has 3 heteroatoms. The van der Waals surface area contributed by atoms with Gasteiger partial charge >= 0.3 is 0 Å². The Kier molecular flexibility index (Phi) is 5.67. The van der Waals surface area contributed by atoms with Gasteiger partial charge in [0.15, 0.2) is 0 Å². The molecule has 0 radical (unpaired) electrons. The summed E-state index contributed by atoms with van der Waals surface area (Å²) in [7, 11) is 2.21. The minimum atomic E-state index is 0.674. The van der Waals surface area contributed by atoms with Crippen LogP contribution in [-0.4, -0.2) is 44.2 Å². The van der Waals surface area contributed by atoms with Gasteiger partial charge in [-0.1, -0.05) is 25.1 Å². The van der Waals surface area contributed by atoms with Crippen LogP contribution < -0.4 is 10.1 Å². The van der Waals surface area contributed by atoms with Crippen LogP contribution in [0.25, 0.3) is 0 Å². The van der Waals surface area contributed by atoms with Gasteiger partial charge in [-0.2, -0.15) is 0 Å². The molecular weight excluding hydrogens is 236 g/mol. The van der Waals surface area contributed by atoms with E-state index in [0.29, 0.717) is 6.04 Å². The number of likely N-dealkylation sites (tertiary alicyclic amines) is 1. The number of hydrogen-bond acceptors (Lipinski definition) is 3. The highest BCUT2D eigenvalue weighted by Gasteiger charge is 2.23. The lowest BCUT2D eigenvalue weighted by Gasteiger charge is -2.35. The van der Waals surface area contributed by atoms with Gasteiger partial charge in [-0.05, 0) is 51.0 Å². The van der Waals surface area contributed by atoms with Crippen LogP contribution in [0.15, 0.2) is 30.3 Å². The summed E-state index contributed by atoms with van der Waals surface area (Å²) < 4.78 is 5.69. The summed E-state index contributed by atoms with van der Waals surface area (Å²) in [4.78, 5) is 2.42. The summed E-state index contributed by atoms with van der Waals surface area (Å²) in [5, 5.41) is 3.67. The standard InChI is InChI=1S/C16H26N2O/c1-14-13-18(2)11-9-16(14)17-10-6-12-19-15-7-4-3-5-8-15/h3-5,7-8,14,16-17H,6,9-13H2,1-2H3. The molecule has 1 saturated heterocycles. The average Bonchev–Trinajstić information content (AvgIpc) is 2.42. The maximum absolute atomic E-state index is 5.69. The van der Waals surface area contributed by atoms with Crippen LogP contribution >= 0.6 is 0 Å². The molecule has 0 spiro atoms. The minimum Gasteiger partial charge on any atom is -0.494 e. The topological polar surface area (TPSA) is 24.5 Å². The third kappa shape index (κ3) is 4.84. The monoisotopic (exact) mass is 262 g/mol. The predicted octanol–water partition coefficient (Wildman–Crippen LogP) is 2.39. The summed E-state index contributed by atoms with van der Waals surface area (Å²) in [6.45, 7) is 6.60. The van der Waals surface area contributed by atoms with Gasteiger partial charge in [0.25, 0.3) is 0 Å². The maximum Gasteiger partial charge on any atom is 0.119 e. The highest BCUT2D eigenvalue weighted by Crippen LogP contribution is 2.15. The lowest BCUT2D eigenvalue weighted by molar-refractivity contribution is 0.173. The largest absolute Gasteiger partial charge is 0.494 e. The second-order valence-electron chi connectivity index (χ2n) is 5.60. The van der Waals surface area contributed by atoms with E-state index < -0.39 is 0 Å². The van der Waals surface area contributed by atoms with Gasteiger partial charge in [0.2, 0.25) is 0 Å². The highest BCUT2D eigenvalue weighted by molar-refractivity contribution is 5.20. The van der Waals surface area contributed by atoms with Crippen LogP contribution in [-0.2, 0) is 0 Å². The Bertz CT molecular complexity index is 355. The van der Waals surface area contributed by atoms with E-state index in [9.17, 15) is 0 Å². The molecule has 0 aromatic heterocycles. The van der Waals surface area contributed by atoms with Crippen LogP contribution in [0.1, 0.15) is 19.8 Å². The fraction of sp³-hybridized carbons (Fsp3) is 0.625. The zero-order chi connectivity index (χ0) is 13.5. The van der Waals surface area contributed by atoms with E-state index in [1.165, 1.54) is 19.5 Å². The zero-order valence-electron chi connectivity index (χ0n) is 12.1. The van der Waals surface area contributed by atoms with Crippen molar-refractivity contribution >= 4 is 0 Å². The Labute approximate surface area is 116 Å². The first-order chi connectivity index (χ1) is 9.25. The molecule has 3 nitrogen and oxygen atoms in total. The molecule has 0 bridgehead atoms. The summed E-state index contributed by atoms with van der Waals surface area (Å²) >= 11 is 0. The van der Waals surface area contributed by atoms with Crippen LogP contribution in [0.2, 0.25) is 0 Å². The summed E-state index contributed by atoms with van der Waals surface area (Å²) in [5.74, 6) is 1.71. The van der Waals surface area contributed by atoms with E-state index >= 15 is 0 Å². The molecule has 106 valence electrons. The van der Waals surface area contributed by atoms with Crippen molar-refractivity contribution in [3.05, 3.63) is 30.3 Å². The number of hydrogen-bond donors (Lipinski definition) is 1. The third-order valence-electron chi connectivity index (χ3n) is 3.85. The quantitative estimate of drug-likeness (QED) is 0.797. The first-order valence-electron chi connectivity index (χ1n) is 7.35. The van der Waals surface area contributed by atoms with E-state index in [0.717, 1.165) is 31.2 Å². The van der Waals surface area contributed by atoms with Crippen molar-refractivity contribution in [1.29, 1.82) is 0 Å².